The van der Waals surface area contributed by atoms with Crippen molar-refractivity contribution in [3.8, 4) is 0 Å². The first kappa shape index (κ1) is 10.6. The van der Waals surface area contributed by atoms with Crippen LogP contribution in [-0.2, 0) is 0 Å². The van der Waals surface area contributed by atoms with E-state index in [1.165, 1.54) is 0 Å². The van der Waals surface area contributed by atoms with Crippen LogP contribution in [0.25, 0.3) is 0 Å². The highest BCUT2D eigenvalue weighted by Gasteiger charge is 2.16. The third kappa shape index (κ3) is 2.38. The van der Waals surface area contributed by atoms with Crippen LogP contribution in [0.4, 0.5) is 5.95 Å². The molecule has 1 aromatic heterocycles. The molecule has 0 spiro atoms. The van der Waals surface area contributed by atoms with Crippen molar-refractivity contribution in [2.45, 2.75) is 6.92 Å². The van der Waals surface area contributed by atoms with Gasteiger partial charge in [0.05, 0.1) is 0 Å². The zero-order chi connectivity index (χ0) is 10.8. The van der Waals surface area contributed by atoms with E-state index < -0.39 is 0 Å². The molecule has 1 saturated heterocycles. The van der Waals surface area contributed by atoms with Crippen LogP contribution < -0.4 is 4.90 Å². The molecule has 0 aromatic carbocycles. The van der Waals surface area contributed by atoms with E-state index in [0.29, 0.717) is 5.15 Å². The van der Waals surface area contributed by atoms with Gasteiger partial charge in [-0.3, -0.25) is 0 Å². The molecule has 1 fully saturated rings. The van der Waals surface area contributed by atoms with Gasteiger partial charge in [0.2, 0.25) is 5.95 Å². The van der Waals surface area contributed by atoms with Crippen molar-refractivity contribution in [2.24, 2.45) is 0 Å². The molecule has 15 heavy (non-hydrogen) atoms. The Morgan fingerprint density at radius 2 is 1.93 bits per heavy atom. The quantitative estimate of drug-likeness (QED) is 0.674. The summed E-state index contributed by atoms with van der Waals surface area (Å²) in [6.45, 7) is 5.95. The van der Waals surface area contributed by atoms with E-state index in [-0.39, 0.29) is 0 Å². The molecule has 4 nitrogen and oxygen atoms in total. The van der Waals surface area contributed by atoms with Crippen molar-refractivity contribution in [3.63, 3.8) is 0 Å². The van der Waals surface area contributed by atoms with E-state index in [9.17, 15) is 0 Å². The maximum Gasteiger partial charge on any atom is 0.226 e. The number of halogens is 1. The van der Waals surface area contributed by atoms with Crippen molar-refractivity contribution in [3.05, 3.63) is 16.9 Å². The first-order chi connectivity index (χ1) is 7.16. The normalized spacial score (nSPS) is 18.2. The minimum absolute atomic E-state index is 0.555. The fourth-order valence-electron chi connectivity index (χ4n) is 1.57. The second-order valence-electron chi connectivity index (χ2n) is 3.93. The number of aromatic nitrogens is 2. The Kier molecular flexibility index (Phi) is 3.07. The van der Waals surface area contributed by atoms with Crippen molar-refractivity contribution in [1.29, 1.82) is 0 Å². The summed E-state index contributed by atoms with van der Waals surface area (Å²) in [4.78, 5) is 13.1. The zero-order valence-corrected chi connectivity index (χ0v) is 9.83. The molecule has 5 heteroatoms. The van der Waals surface area contributed by atoms with Crippen LogP contribution in [0.15, 0.2) is 6.20 Å². The van der Waals surface area contributed by atoms with Crippen molar-refractivity contribution < 1.29 is 0 Å². The van der Waals surface area contributed by atoms with Crippen LogP contribution in [0.5, 0.6) is 0 Å². The standard InChI is InChI=1S/C10H15ClN4/c1-8-7-12-10(13-9(8)11)15-5-3-14(2)4-6-15/h7H,3-6H2,1-2H3. The zero-order valence-electron chi connectivity index (χ0n) is 9.07. The highest BCUT2D eigenvalue weighted by molar-refractivity contribution is 6.30. The minimum atomic E-state index is 0.555. The molecule has 1 aliphatic heterocycles. The van der Waals surface area contributed by atoms with Crippen LogP contribution >= 0.6 is 11.6 Å². The molecule has 0 N–H and O–H groups in total. The molecule has 1 aliphatic rings. The van der Waals surface area contributed by atoms with Gasteiger partial charge in [-0.05, 0) is 14.0 Å². The molecule has 2 heterocycles. The van der Waals surface area contributed by atoms with Gasteiger partial charge < -0.3 is 9.80 Å². The molecule has 0 saturated carbocycles. The number of piperazine rings is 1. The van der Waals surface area contributed by atoms with Gasteiger partial charge in [-0.1, -0.05) is 11.6 Å². The molecule has 0 amide bonds. The lowest BCUT2D eigenvalue weighted by Crippen LogP contribution is -2.45. The molecule has 0 radical (unpaired) electrons. The van der Waals surface area contributed by atoms with E-state index in [4.69, 9.17) is 11.6 Å². The van der Waals surface area contributed by atoms with Gasteiger partial charge in [-0.25, -0.2) is 9.97 Å². The molecule has 0 bridgehead atoms. The predicted molar refractivity (Wildman–Crippen MR) is 61.5 cm³/mol. The molecular formula is C10H15ClN4. The van der Waals surface area contributed by atoms with E-state index in [2.05, 4.69) is 26.8 Å². The molecular weight excluding hydrogens is 212 g/mol. The summed E-state index contributed by atoms with van der Waals surface area (Å²) in [6.07, 6.45) is 1.78. The van der Waals surface area contributed by atoms with Crippen molar-refractivity contribution in [2.75, 3.05) is 38.1 Å². The fraction of sp³-hybridized carbons (Fsp3) is 0.600. The number of hydrogen-bond donors (Lipinski definition) is 0. The third-order valence-electron chi connectivity index (χ3n) is 2.68. The van der Waals surface area contributed by atoms with Crippen LogP contribution in [-0.4, -0.2) is 48.1 Å². The van der Waals surface area contributed by atoms with Crippen LogP contribution in [0, 0.1) is 6.92 Å². The summed E-state index contributed by atoms with van der Waals surface area (Å²) >= 11 is 5.97. The van der Waals surface area contributed by atoms with E-state index >= 15 is 0 Å². The van der Waals surface area contributed by atoms with Gasteiger partial charge in [0.15, 0.2) is 0 Å². The number of aryl methyl sites for hydroxylation is 1. The second kappa shape index (κ2) is 4.33. The fourth-order valence-corrected chi connectivity index (χ4v) is 1.70. The first-order valence-electron chi connectivity index (χ1n) is 5.09. The third-order valence-corrected chi connectivity index (χ3v) is 3.07. The summed E-state index contributed by atoms with van der Waals surface area (Å²) in [6, 6.07) is 0. The van der Waals surface area contributed by atoms with Crippen molar-refractivity contribution >= 4 is 17.5 Å². The van der Waals surface area contributed by atoms with Crippen LogP contribution in [0.3, 0.4) is 0 Å². The number of hydrogen-bond acceptors (Lipinski definition) is 4. The van der Waals surface area contributed by atoms with Crippen LogP contribution in [0.2, 0.25) is 5.15 Å². The highest BCUT2D eigenvalue weighted by atomic mass is 35.5. The lowest BCUT2D eigenvalue weighted by molar-refractivity contribution is 0.311. The predicted octanol–water partition coefficient (Wildman–Crippen LogP) is 1.19. The Morgan fingerprint density at radius 3 is 2.53 bits per heavy atom. The Balaban J connectivity index is 2.12. The maximum atomic E-state index is 5.97. The number of nitrogens with zero attached hydrogens (tertiary/aromatic N) is 4. The average molecular weight is 227 g/mol. The lowest BCUT2D eigenvalue weighted by Gasteiger charge is -2.32. The SMILES string of the molecule is Cc1cnc(N2CCN(C)CC2)nc1Cl. The summed E-state index contributed by atoms with van der Waals surface area (Å²) in [5.74, 6) is 0.749. The summed E-state index contributed by atoms with van der Waals surface area (Å²) in [5.41, 5.74) is 0.926. The average Bonchev–Trinajstić information content (AvgIpc) is 2.23. The summed E-state index contributed by atoms with van der Waals surface area (Å²) in [7, 11) is 2.13. The van der Waals surface area contributed by atoms with Gasteiger partial charge in [0.25, 0.3) is 0 Å². The minimum Gasteiger partial charge on any atom is -0.338 e. The highest BCUT2D eigenvalue weighted by Crippen LogP contribution is 2.16. The summed E-state index contributed by atoms with van der Waals surface area (Å²) < 4.78 is 0. The molecule has 82 valence electrons. The van der Waals surface area contributed by atoms with Crippen LogP contribution in [0.1, 0.15) is 5.56 Å². The number of rotatable bonds is 1. The van der Waals surface area contributed by atoms with E-state index in [1.807, 2.05) is 6.92 Å². The number of anilines is 1. The Morgan fingerprint density at radius 1 is 1.27 bits per heavy atom. The number of likely N-dealkylation sites (N-methyl/N-ethyl adjacent to an activating group) is 1. The smallest absolute Gasteiger partial charge is 0.226 e. The topological polar surface area (TPSA) is 32.3 Å². The van der Waals surface area contributed by atoms with Gasteiger partial charge in [-0.15, -0.1) is 0 Å². The molecule has 1 aromatic rings. The molecule has 2 rings (SSSR count). The van der Waals surface area contributed by atoms with E-state index in [1.54, 1.807) is 6.20 Å². The largest absolute Gasteiger partial charge is 0.338 e. The summed E-state index contributed by atoms with van der Waals surface area (Å²) in [5, 5.41) is 0.555. The lowest BCUT2D eigenvalue weighted by atomic mass is 10.3. The van der Waals surface area contributed by atoms with E-state index in [0.717, 1.165) is 37.7 Å². The monoisotopic (exact) mass is 226 g/mol. The Hall–Kier alpha value is -0.870. The maximum absolute atomic E-state index is 5.97. The van der Waals surface area contributed by atoms with Gasteiger partial charge >= 0.3 is 0 Å². The first-order valence-corrected chi connectivity index (χ1v) is 5.47. The van der Waals surface area contributed by atoms with Gasteiger partial charge in [-0.2, -0.15) is 0 Å². The van der Waals surface area contributed by atoms with Gasteiger partial charge in [0, 0.05) is 37.9 Å². The molecule has 0 atom stereocenters. The molecule has 0 unspecified atom stereocenters. The molecule has 0 aliphatic carbocycles. The van der Waals surface area contributed by atoms with Gasteiger partial charge in [0.1, 0.15) is 5.15 Å². The second-order valence-corrected chi connectivity index (χ2v) is 4.29. The van der Waals surface area contributed by atoms with Crippen molar-refractivity contribution in [1.82, 2.24) is 14.9 Å². The Bertz CT molecular complexity index is 347. The Labute approximate surface area is 94.9 Å².